The lowest BCUT2D eigenvalue weighted by molar-refractivity contribution is -0.122. The molecule has 0 aromatic carbocycles. The van der Waals surface area contributed by atoms with Gasteiger partial charge in [-0.2, -0.15) is 0 Å². The molecule has 0 aromatic rings. The van der Waals surface area contributed by atoms with Crippen LogP contribution < -0.4 is 4.72 Å². The van der Waals surface area contributed by atoms with E-state index >= 15 is 0 Å². The van der Waals surface area contributed by atoms with E-state index in [1.165, 1.54) is 7.11 Å². The van der Waals surface area contributed by atoms with Gasteiger partial charge >= 0.3 is 0 Å². The molecular weight excluding hydrogens is 146 g/mol. The van der Waals surface area contributed by atoms with Gasteiger partial charge in [0.25, 0.3) is 5.91 Å². The Labute approximate surface area is 54.8 Å². The zero-order chi connectivity index (χ0) is 7.28. The van der Waals surface area contributed by atoms with E-state index in [9.17, 15) is 13.6 Å². The highest BCUT2D eigenvalue weighted by molar-refractivity contribution is 7.77. The largest absolute Gasteiger partial charge is 0.755 e. The second kappa shape index (κ2) is 4.42. The number of carbonyl (C=O) groups is 1. The first-order chi connectivity index (χ1) is 4.16. The fraction of sp³-hybridized carbons (Fsp3) is 0.667. The van der Waals surface area contributed by atoms with Crippen LogP contribution in [0.5, 0.6) is 0 Å². The molecule has 1 N–H and O–H groups in total. The van der Waals surface area contributed by atoms with Gasteiger partial charge in [-0.1, -0.05) is 0 Å². The van der Waals surface area contributed by atoms with Crippen molar-refractivity contribution in [3.8, 4) is 0 Å². The van der Waals surface area contributed by atoms with Crippen LogP contribution in [0.1, 0.15) is 0 Å². The fourth-order valence-corrected chi connectivity index (χ4v) is 0.498. The second-order valence-corrected chi connectivity index (χ2v) is 1.87. The van der Waals surface area contributed by atoms with E-state index in [1.807, 2.05) is 0 Å². The summed E-state index contributed by atoms with van der Waals surface area (Å²) in [5.74, 6) is -0.675. The van der Waals surface area contributed by atoms with Gasteiger partial charge in [0.05, 0.1) is 0 Å². The van der Waals surface area contributed by atoms with Crippen LogP contribution in [0.25, 0.3) is 0 Å². The van der Waals surface area contributed by atoms with E-state index in [-0.39, 0.29) is 6.61 Å². The van der Waals surface area contributed by atoms with Crippen LogP contribution in [0.2, 0.25) is 0 Å². The molecule has 9 heavy (non-hydrogen) atoms. The van der Waals surface area contributed by atoms with Crippen LogP contribution in [-0.4, -0.2) is 28.4 Å². The number of carbonyl (C=O) groups excluding carboxylic acids is 1. The van der Waals surface area contributed by atoms with Crippen LogP contribution in [0.15, 0.2) is 0 Å². The Kier molecular flexibility index (Phi) is 4.20. The number of ether oxygens (including phenoxy) is 1. The summed E-state index contributed by atoms with van der Waals surface area (Å²) in [4.78, 5) is 10.2. The summed E-state index contributed by atoms with van der Waals surface area (Å²) in [5.41, 5.74) is 0. The molecule has 1 unspecified atom stereocenters. The molecule has 0 rings (SSSR count). The highest BCUT2D eigenvalue weighted by atomic mass is 32.2. The Bertz CT molecular complexity index is 125. The van der Waals surface area contributed by atoms with Crippen molar-refractivity contribution in [1.82, 2.24) is 4.72 Å². The predicted octanol–water partition coefficient (Wildman–Crippen LogP) is -1.46. The van der Waals surface area contributed by atoms with Gasteiger partial charge in [0.1, 0.15) is 6.61 Å². The summed E-state index contributed by atoms with van der Waals surface area (Å²) in [5, 5.41) is 0. The average molecular weight is 152 g/mol. The minimum atomic E-state index is -2.53. The predicted molar refractivity (Wildman–Crippen MR) is 28.9 cm³/mol. The molecule has 0 spiro atoms. The van der Waals surface area contributed by atoms with Gasteiger partial charge in [-0.25, -0.2) is 0 Å². The van der Waals surface area contributed by atoms with Crippen molar-refractivity contribution >= 4 is 17.2 Å². The van der Waals surface area contributed by atoms with Crippen LogP contribution in [0.4, 0.5) is 0 Å². The minimum Gasteiger partial charge on any atom is -0.755 e. The lowest BCUT2D eigenvalue weighted by Crippen LogP contribution is -2.28. The summed E-state index contributed by atoms with van der Waals surface area (Å²) in [6.45, 7) is -0.242. The fourth-order valence-electron chi connectivity index (χ4n) is 0.254. The van der Waals surface area contributed by atoms with E-state index in [4.69, 9.17) is 0 Å². The Morgan fingerprint density at radius 1 is 1.89 bits per heavy atom. The normalized spacial score (nSPS) is 12.7. The highest BCUT2D eigenvalue weighted by Gasteiger charge is 1.95. The van der Waals surface area contributed by atoms with Crippen molar-refractivity contribution in [2.45, 2.75) is 0 Å². The molecule has 0 radical (unpaired) electrons. The van der Waals surface area contributed by atoms with Crippen molar-refractivity contribution in [2.24, 2.45) is 0 Å². The molecule has 0 fully saturated rings. The first kappa shape index (κ1) is 8.54. The Balaban J connectivity index is 3.39. The van der Waals surface area contributed by atoms with Gasteiger partial charge in [0.2, 0.25) is 0 Å². The first-order valence-corrected chi connectivity index (χ1v) is 3.12. The molecule has 0 saturated heterocycles. The summed E-state index contributed by atoms with van der Waals surface area (Å²) in [7, 11) is 1.30. The molecule has 0 aliphatic heterocycles. The first-order valence-electron chi connectivity index (χ1n) is 2.04. The van der Waals surface area contributed by atoms with Gasteiger partial charge in [0, 0.05) is 18.4 Å². The van der Waals surface area contributed by atoms with Crippen LogP contribution in [0, 0.1) is 0 Å². The van der Waals surface area contributed by atoms with E-state index in [0.717, 1.165) is 0 Å². The molecule has 1 atom stereocenters. The molecule has 1 amide bonds. The van der Waals surface area contributed by atoms with Gasteiger partial charge in [-0.05, 0) is 0 Å². The Morgan fingerprint density at radius 3 is 2.78 bits per heavy atom. The van der Waals surface area contributed by atoms with Gasteiger partial charge < -0.3 is 9.29 Å². The van der Waals surface area contributed by atoms with E-state index < -0.39 is 17.2 Å². The molecule has 5 nitrogen and oxygen atoms in total. The number of nitrogens with one attached hydrogen (secondary N) is 1. The van der Waals surface area contributed by atoms with Crippen LogP contribution >= 0.6 is 0 Å². The number of hydrogen-bond acceptors (Lipinski definition) is 4. The Hall–Kier alpha value is -0.460. The van der Waals surface area contributed by atoms with E-state index in [2.05, 4.69) is 4.74 Å². The van der Waals surface area contributed by atoms with Crippen molar-refractivity contribution < 1.29 is 18.3 Å². The SMILES string of the molecule is COCC(=O)NS(=O)[O-]. The molecule has 0 aromatic heterocycles. The number of amides is 1. The van der Waals surface area contributed by atoms with Gasteiger partial charge in [-0.3, -0.25) is 13.7 Å². The van der Waals surface area contributed by atoms with Crippen LogP contribution in [-0.2, 0) is 20.8 Å². The summed E-state index contributed by atoms with van der Waals surface area (Å²) < 4.78 is 25.3. The lowest BCUT2D eigenvalue weighted by atomic mass is 10.7. The summed E-state index contributed by atoms with van der Waals surface area (Å²) in [6, 6.07) is 0. The third-order valence-corrected chi connectivity index (χ3v) is 0.867. The monoisotopic (exact) mass is 152 g/mol. The van der Waals surface area contributed by atoms with Gasteiger partial charge in [0.15, 0.2) is 0 Å². The molecule has 6 heteroatoms. The molecule has 0 saturated carbocycles. The minimum absolute atomic E-state index is 0.242. The molecule has 0 aliphatic carbocycles. The summed E-state index contributed by atoms with van der Waals surface area (Å²) in [6.07, 6.45) is 0. The maximum atomic E-state index is 10.2. The third-order valence-electron chi connectivity index (χ3n) is 0.473. The molecular formula is C3H6NO4S-. The van der Waals surface area contributed by atoms with Crippen molar-refractivity contribution in [1.29, 1.82) is 0 Å². The third kappa shape index (κ3) is 5.41. The van der Waals surface area contributed by atoms with Crippen molar-refractivity contribution in [3.63, 3.8) is 0 Å². The van der Waals surface area contributed by atoms with Crippen molar-refractivity contribution in [3.05, 3.63) is 0 Å². The lowest BCUT2D eigenvalue weighted by Gasteiger charge is -2.04. The van der Waals surface area contributed by atoms with Crippen LogP contribution in [0.3, 0.4) is 0 Å². The maximum absolute atomic E-state index is 10.2. The van der Waals surface area contributed by atoms with E-state index in [0.29, 0.717) is 0 Å². The highest BCUT2D eigenvalue weighted by Crippen LogP contribution is 1.69. The molecule has 54 valence electrons. The van der Waals surface area contributed by atoms with E-state index in [1.54, 1.807) is 4.72 Å². The number of hydrogen-bond donors (Lipinski definition) is 1. The summed E-state index contributed by atoms with van der Waals surface area (Å²) >= 11 is -2.53. The molecule has 0 bridgehead atoms. The maximum Gasteiger partial charge on any atom is 0.256 e. The number of methoxy groups -OCH3 is 1. The smallest absolute Gasteiger partial charge is 0.256 e. The quantitative estimate of drug-likeness (QED) is 0.501. The molecule has 0 aliphatic rings. The number of rotatable bonds is 3. The average Bonchev–Trinajstić information content (AvgIpc) is 1.63. The molecule has 0 heterocycles. The standard InChI is InChI=1S/C3H7NO4S/c1-8-2-3(5)4-9(6)7/h2H2,1H3,(H,4,5)(H,6,7)/p-1. The Morgan fingerprint density at radius 2 is 2.44 bits per heavy atom. The zero-order valence-corrected chi connectivity index (χ0v) is 5.56. The topological polar surface area (TPSA) is 78.5 Å². The second-order valence-electron chi connectivity index (χ2n) is 1.19. The zero-order valence-electron chi connectivity index (χ0n) is 4.75. The van der Waals surface area contributed by atoms with Crippen molar-refractivity contribution in [2.75, 3.05) is 13.7 Å². The van der Waals surface area contributed by atoms with Gasteiger partial charge in [-0.15, -0.1) is 0 Å².